The van der Waals surface area contributed by atoms with Gasteiger partial charge in [-0.15, -0.1) is 0 Å². The fourth-order valence-electron chi connectivity index (χ4n) is 2.25. The molecule has 0 spiro atoms. The number of benzene rings is 2. The maximum atomic E-state index is 12.6. The van der Waals surface area contributed by atoms with E-state index < -0.39 is 26.0 Å². The highest BCUT2D eigenvalue weighted by Crippen LogP contribution is 2.26. The molecule has 0 aliphatic rings. The van der Waals surface area contributed by atoms with Gasteiger partial charge in [0, 0.05) is 19.2 Å². The second kappa shape index (κ2) is 9.87. The average Bonchev–Trinajstić information content (AvgIpc) is 2.62. The van der Waals surface area contributed by atoms with E-state index in [-0.39, 0.29) is 18.3 Å². The van der Waals surface area contributed by atoms with Crippen molar-refractivity contribution in [3.63, 3.8) is 0 Å². The van der Waals surface area contributed by atoms with Crippen LogP contribution in [0.2, 0.25) is 0 Å². The molecule has 26 heavy (non-hydrogen) atoms. The van der Waals surface area contributed by atoms with E-state index >= 15 is 0 Å². The minimum Gasteiger partial charge on any atom is -0.478 e. The minimum atomic E-state index is -2.52. The topological polar surface area (TPSA) is 102 Å². The van der Waals surface area contributed by atoms with Gasteiger partial charge in [-0.25, -0.2) is 4.79 Å². The molecule has 0 aliphatic carbocycles. The molecule has 0 radical (unpaired) electrons. The van der Waals surface area contributed by atoms with Gasteiger partial charge in [0.1, 0.15) is 12.5 Å². The molecule has 1 amide bonds. The van der Waals surface area contributed by atoms with Gasteiger partial charge < -0.3 is 19.7 Å². The van der Waals surface area contributed by atoms with Gasteiger partial charge in [0.25, 0.3) is 5.91 Å². The Hall–Kier alpha value is -2.47. The standard InChI is InChI=1S/C18H20NO6P/c1-24-12-26(23)25-16(11-13-5-3-2-4-6-13)17(20)19-15-9-7-14(8-10-15)18(21)22/h2-10,16,26H,11-12H2,1H3,(H,19,20)(H,21,22)/t16-/m0/s1. The van der Waals surface area contributed by atoms with Crippen molar-refractivity contribution >= 4 is 25.6 Å². The number of amides is 1. The average molecular weight is 377 g/mol. The Labute approximate surface area is 151 Å². The summed E-state index contributed by atoms with van der Waals surface area (Å²) in [6.45, 7) is 0. The second-order valence-corrected chi connectivity index (χ2v) is 6.74. The molecule has 7 nitrogen and oxygen atoms in total. The number of methoxy groups -OCH3 is 1. The van der Waals surface area contributed by atoms with E-state index in [1.165, 1.54) is 31.4 Å². The number of rotatable bonds is 9. The number of nitrogens with one attached hydrogen (secondary N) is 1. The van der Waals surface area contributed by atoms with Crippen LogP contribution >= 0.6 is 8.03 Å². The predicted molar refractivity (Wildman–Crippen MR) is 97.9 cm³/mol. The molecule has 0 fully saturated rings. The van der Waals surface area contributed by atoms with Crippen LogP contribution in [0.1, 0.15) is 15.9 Å². The molecule has 2 atom stereocenters. The summed E-state index contributed by atoms with van der Waals surface area (Å²) in [7, 11) is -1.12. The van der Waals surface area contributed by atoms with Crippen molar-refractivity contribution in [1.82, 2.24) is 0 Å². The van der Waals surface area contributed by atoms with Crippen LogP contribution in [0.25, 0.3) is 0 Å². The smallest absolute Gasteiger partial charge is 0.335 e. The fourth-order valence-corrected chi connectivity index (χ4v) is 3.06. The Morgan fingerprint density at radius 2 is 1.77 bits per heavy atom. The number of hydrogen-bond donors (Lipinski definition) is 2. The van der Waals surface area contributed by atoms with Crippen molar-refractivity contribution in [1.29, 1.82) is 0 Å². The van der Waals surface area contributed by atoms with Crippen molar-refractivity contribution < 1.29 is 28.5 Å². The highest BCUT2D eigenvalue weighted by atomic mass is 31.1. The lowest BCUT2D eigenvalue weighted by molar-refractivity contribution is -0.122. The number of carboxylic acid groups (broad SMARTS) is 1. The Bertz CT molecular complexity index is 763. The third-order valence-corrected chi connectivity index (χ3v) is 4.56. The lowest BCUT2D eigenvalue weighted by atomic mass is 10.1. The highest BCUT2D eigenvalue weighted by molar-refractivity contribution is 7.38. The van der Waals surface area contributed by atoms with Gasteiger partial charge in [-0.05, 0) is 29.8 Å². The molecule has 138 valence electrons. The van der Waals surface area contributed by atoms with Gasteiger partial charge in [0.2, 0.25) is 8.03 Å². The number of hydrogen-bond acceptors (Lipinski definition) is 5. The van der Waals surface area contributed by atoms with Crippen LogP contribution in [0, 0.1) is 0 Å². The maximum Gasteiger partial charge on any atom is 0.335 e. The largest absolute Gasteiger partial charge is 0.478 e. The van der Waals surface area contributed by atoms with Crippen LogP contribution in [-0.2, 0) is 25.0 Å². The molecule has 0 saturated carbocycles. The van der Waals surface area contributed by atoms with Crippen LogP contribution < -0.4 is 5.32 Å². The highest BCUT2D eigenvalue weighted by Gasteiger charge is 2.22. The monoisotopic (exact) mass is 377 g/mol. The predicted octanol–water partition coefficient (Wildman–Crippen LogP) is 3.03. The summed E-state index contributed by atoms with van der Waals surface area (Å²) in [5.74, 6) is -1.52. The zero-order chi connectivity index (χ0) is 18.9. The van der Waals surface area contributed by atoms with Gasteiger partial charge in [-0.3, -0.25) is 9.36 Å². The first-order valence-corrected chi connectivity index (χ1v) is 9.38. The normalized spacial score (nSPS) is 13.0. The summed E-state index contributed by atoms with van der Waals surface area (Å²) < 4.78 is 22.1. The van der Waals surface area contributed by atoms with E-state index in [4.69, 9.17) is 14.4 Å². The van der Waals surface area contributed by atoms with E-state index in [2.05, 4.69) is 5.32 Å². The van der Waals surface area contributed by atoms with Crippen LogP contribution in [0.3, 0.4) is 0 Å². The molecule has 0 bridgehead atoms. The molecule has 1 unspecified atom stereocenters. The van der Waals surface area contributed by atoms with E-state index in [1.807, 2.05) is 30.3 Å². The second-order valence-electron chi connectivity index (χ2n) is 5.47. The molecule has 0 aromatic heterocycles. The summed E-state index contributed by atoms with van der Waals surface area (Å²) in [6.07, 6.45) is -0.783. The van der Waals surface area contributed by atoms with Crippen LogP contribution in [0.15, 0.2) is 54.6 Å². The Kier molecular flexibility index (Phi) is 7.53. The van der Waals surface area contributed by atoms with Crippen molar-refractivity contribution in [2.24, 2.45) is 0 Å². The van der Waals surface area contributed by atoms with E-state index in [1.54, 1.807) is 0 Å². The summed E-state index contributed by atoms with van der Waals surface area (Å²) >= 11 is 0. The van der Waals surface area contributed by atoms with Gasteiger partial charge in [-0.1, -0.05) is 30.3 Å². The molecule has 0 heterocycles. The van der Waals surface area contributed by atoms with Crippen LogP contribution in [-0.4, -0.2) is 36.5 Å². The first-order valence-electron chi connectivity index (χ1n) is 7.86. The number of ether oxygens (including phenoxy) is 1. The van der Waals surface area contributed by atoms with E-state index in [0.717, 1.165) is 5.56 Å². The molecular weight excluding hydrogens is 357 g/mol. The number of anilines is 1. The quantitative estimate of drug-likeness (QED) is 0.652. The van der Waals surface area contributed by atoms with E-state index in [9.17, 15) is 14.2 Å². The van der Waals surface area contributed by atoms with Gasteiger partial charge in [0.05, 0.1) is 5.56 Å². The number of carbonyl (C=O) groups is 2. The van der Waals surface area contributed by atoms with E-state index in [0.29, 0.717) is 5.69 Å². The van der Waals surface area contributed by atoms with Crippen molar-refractivity contribution in [3.8, 4) is 0 Å². The molecular formula is C18H20NO6P. The first-order chi connectivity index (χ1) is 12.5. The summed E-state index contributed by atoms with van der Waals surface area (Å²) in [5.41, 5.74) is 1.40. The summed E-state index contributed by atoms with van der Waals surface area (Å²) in [5, 5.41) is 11.6. The van der Waals surface area contributed by atoms with Crippen molar-refractivity contribution in [3.05, 3.63) is 65.7 Å². The van der Waals surface area contributed by atoms with Crippen LogP contribution in [0.5, 0.6) is 0 Å². The SMILES string of the molecule is COC[PH](=O)O[C@@H](Cc1ccccc1)C(=O)Nc1ccc(C(=O)O)cc1. The third-order valence-electron chi connectivity index (χ3n) is 3.49. The molecule has 0 saturated heterocycles. The first kappa shape index (κ1) is 19.8. The Morgan fingerprint density at radius 1 is 1.12 bits per heavy atom. The number of carbonyl (C=O) groups excluding carboxylic acids is 1. The van der Waals surface area contributed by atoms with Crippen LogP contribution in [0.4, 0.5) is 5.69 Å². The van der Waals surface area contributed by atoms with Crippen molar-refractivity contribution in [2.75, 3.05) is 18.8 Å². The fraction of sp³-hybridized carbons (Fsp3) is 0.222. The lowest BCUT2D eigenvalue weighted by Gasteiger charge is -2.17. The molecule has 2 N–H and O–H groups in total. The molecule has 8 heteroatoms. The Balaban J connectivity index is 2.10. The summed E-state index contributed by atoms with van der Waals surface area (Å²) in [6, 6.07) is 15.0. The van der Waals surface area contributed by atoms with Crippen molar-refractivity contribution in [2.45, 2.75) is 12.5 Å². The van der Waals surface area contributed by atoms with Gasteiger partial charge in [0.15, 0.2) is 0 Å². The lowest BCUT2D eigenvalue weighted by Crippen LogP contribution is -2.31. The molecule has 2 rings (SSSR count). The van der Waals surface area contributed by atoms with Gasteiger partial charge in [-0.2, -0.15) is 0 Å². The minimum absolute atomic E-state index is 0.0729. The zero-order valence-electron chi connectivity index (χ0n) is 14.2. The van der Waals surface area contributed by atoms with Gasteiger partial charge >= 0.3 is 5.97 Å². The molecule has 2 aromatic carbocycles. The molecule has 0 aliphatic heterocycles. The molecule has 2 aromatic rings. The maximum absolute atomic E-state index is 12.6. The number of aromatic carboxylic acids is 1. The Morgan fingerprint density at radius 3 is 2.35 bits per heavy atom. The zero-order valence-corrected chi connectivity index (χ0v) is 15.2. The number of carboxylic acids is 1. The summed E-state index contributed by atoms with van der Waals surface area (Å²) in [4.78, 5) is 23.4. The third kappa shape index (κ3) is 6.11.